The third-order valence-corrected chi connectivity index (χ3v) is 7.23. The maximum atomic E-state index is 13.1. The summed E-state index contributed by atoms with van der Waals surface area (Å²) < 4.78 is 65.6. The van der Waals surface area contributed by atoms with Gasteiger partial charge in [0.15, 0.2) is 4.91 Å². The molecule has 0 spiro atoms. The molecule has 0 bridgehead atoms. The van der Waals surface area contributed by atoms with Gasteiger partial charge in [0, 0.05) is 11.4 Å². The summed E-state index contributed by atoms with van der Waals surface area (Å²) in [7, 11) is -4.20. The highest BCUT2D eigenvalue weighted by Crippen LogP contribution is 2.34. The fourth-order valence-corrected chi connectivity index (χ4v) is 5.29. The van der Waals surface area contributed by atoms with Gasteiger partial charge in [-0.05, 0) is 35.9 Å². The normalized spacial score (nSPS) is 12.6. The van der Waals surface area contributed by atoms with Gasteiger partial charge in [0.1, 0.15) is 11.1 Å². The molecule has 3 aromatic carbocycles. The van der Waals surface area contributed by atoms with Gasteiger partial charge >= 0.3 is 6.18 Å². The predicted molar refractivity (Wildman–Crippen MR) is 119 cm³/mol. The van der Waals surface area contributed by atoms with Crippen LogP contribution < -0.4 is 5.32 Å². The van der Waals surface area contributed by atoms with Crippen molar-refractivity contribution in [2.75, 3.05) is 5.32 Å². The van der Waals surface area contributed by atoms with Crippen molar-refractivity contribution in [2.24, 2.45) is 0 Å². The van der Waals surface area contributed by atoms with Crippen LogP contribution in [0.25, 0.3) is 0 Å². The van der Waals surface area contributed by atoms with E-state index in [4.69, 9.17) is 0 Å². The van der Waals surface area contributed by atoms with Gasteiger partial charge in [-0.1, -0.05) is 54.6 Å². The highest BCUT2D eigenvalue weighted by molar-refractivity contribution is 8.04. The predicted octanol–water partition coefficient (Wildman–Crippen LogP) is 6.22. The maximum Gasteiger partial charge on any atom is 0.416 e. The van der Waals surface area contributed by atoms with Crippen molar-refractivity contribution in [1.29, 1.82) is 5.26 Å². The molecule has 4 nitrogen and oxygen atoms in total. The van der Waals surface area contributed by atoms with Crippen LogP contribution >= 0.6 is 11.8 Å². The average Bonchev–Trinajstić information content (AvgIpc) is 2.78. The first-order valence-electron chi connectivity index (χ1n) is 9.27. The molecule has 9 heteroatoms. The molecule has 0 aromatic heterocycles. The number of nitrogens with one attached hydrogen (secondary N) is 1. The van der Waals surface area contributed by atoms with Crippen LogP contribution in [-0.4, -0.2) is 8.42 Å². The molecule has 164 valence electrons. The number of nitrogens with zero attached hydrogens (tertiary/aromatic N) is 1. The van der Waals surface area contributed by atoms with E-state index in [1.807, 2.05) is 30.3 Å². The summed E-state index contributed by atoms with van der Waals surface area (Å²) in [6.07, 6.45) is -4.56. The highest BCUT2D eigenvalue weighted by atomic mass is 32.2. The second-order valence-electron chi connectivity index (χ2n) is 6.56. The standard InChI is InChI=1S/C23H17F3N2O2S2/c24-23(25,26)18-10-7-11-19(14-18)28-22(31-16-17-8-3-1-4-9-17)21(15-27)32(29,30)20-12-5-2-6-13-20/h1-14,28H,16H2/b22-21-. The Morgan fingerprint density at radius 1 is 0.938 bits per heavy atom. The third kappa shape index (κ3) is 5.72. The summed E-state index contributed by atoms with van der Waals surface area (Å²) in [5, 5.41) is 12.4. The van der Waals surface area contributed by atoms with E-state index >= 15 is 0 Å². The molecule has 0 heterocycles. The Morgan fingerprint density at radius 2 is 1.56 bits per heavy atom. The summed E-state index contributed by atoms with van der Waals surface area (Å²) in [6, 6.07) is 22.6. The van der Waals surface area contributed by atoms with Crippen LogP contribution in [-0.2, 0) is 21.8 Å². The maximum absolute atomic E-state index is 13.1. The quantitative estimate of drug-likeness (QED) is 0.412. The molecule has 0 unspecified atom stereocenters. The molecule has 1 N–H and O–H groups in total. The minimum atomic E-state index is -4.56. The number of benzene rings is 3. The minimum Gasteiger partial charge on any atom is -0.349 e. The van der Waals surface area contributed by atoms with Gasteiger partial charge in [-0.25, -0.2) is 8.42 Å². The van der Waals surface area contributed by atoms with Crippen LogP contribution in [0.15, 0.2) is 99.8 Å². The number of thioether (sulfide) groups is 1. The molecule has 0 aliphatic heterocycles. The van der Waals surface area contributed by atoms with E-state index in [-0.39, 0.29) is 15.6 Å². The first-order chi connectivity index (χ1) is 15.2. The van der Waals surface area contributed by atoms with Crippen molar-refractivity contribution in [3.05, 3.63) is 106 Å². The number of rotatable bonds is 7. The van der Waals surface area contributed by atoms with Crippen molar-refractivity contribution in [3.63, 3.8) is 0 Å². The van der Waals surface area contributed by atoms with Crippen LogP contribution in [0.1, 0.15) is 11.1 Å². The Hall–Kier alpha value is -3.22. The number of halogens is 3. The molecule has 0 saturated carbocycles. The van der Waals surface area contributed by atoms with Crippen molar-refractivity contribution in [2.45, 2.75) is 16.8 Å². The molecule has 0 fully saturated rings. The van der Waals surface area contributed by atoms with Crippen LogP contribution in [0.2, 0.25) is 0 Å². The lowest BCUT2D eigenvalue weighted by molar-refractivity contribution is -0.137. The Morgan fingerprint density at radius 3 is 2.16 bits per heavy atom. The van der Waals surface area contributed by atoms with E-state index < -0.39 is 26.5 Å². The average molecular weight is 475 g/mol. The molecule has 32 heavy (non-hydrogen) atoms. The largest absolute Gasteiger partial charge is 0.416 e. The molecule has 0 radical (unpaired) electrons. The van der Waals surface area contributed by atoms with Gasteiger partial charge in [-0.2, -0.15) is 18.4 Å². The number of hydrogen-bond acceptors (Lipinski definition) is 5. The Labute approximate surface area is 188 Å². The zero-order chi connectivity index (χ0) is 23.2. The van der Waals surface area contributed by atoms with Crippen LogP contribution in [0, 0.1) is 11.3 Å². The van der Waals surface area contributed by atoms with E-state index in [0.717, 1.165) is 29.5 Å². The lowest BCUT2D eigenvalue weighted by atomic mass is 10.2. The topological polar surface area (TPSA) is 70.0 Å². The van der Waals surface area contributed by atoms with Crippen LogP contribution in [0.5, 0.6) is 0 Å². The summed E-state index contributed by atoms with van der Waals surface area (Å²) >= 11 is 1.02. The molecule has 0 aliphatic rings. The molecule has 3 aromatic rings. The lowest BCUT2D eigenvalue weighted by Crippen LogP contribution is -2.11. The van der Waals surface area contributed by atoms with Gasteiger partial charge in [0.05, 0.1) is 10.5 Å². The second kappa shape index (κ2) is 9.94. The molecular weight excluding hydrogens is 457 g/mol. The number of nitriles is 1. The zero-order valence-corrected chi connectivity index (χ0v) is 18.1. The zero-order valence-electron chi connectivity index (χ0n) is 16.5. The number of allylic oxidation sites excluding steroid dienone is 1. The lowest BCUT2D eigenvalue weighted by Gasteiger charge is -2.15. The second-order valence-corrected chi connectivity index (χ2v) is 9.44. The molecule has 0 atom stereocenters. The number of sulfone groups is 1. The van der Waals surface area contributed by atoms with Crippen molar-refractivity contribution in [1.82, 2.24) is 0 Å². The van der Waals surface area contributed by atoms with Crippen molar-refractivity contribution in [3.8, 4) is 6.07 Å². The molecule has 0 saturated heterocycles. The van der Waals surface area contributed by atoms with Crippen LogP contribution in [0.4, 0.5) is 18.9 Å². The first-order valence-corrected chi connectivity index (χ1v) is 11.7. The van der Waals surface area contributed by atoms with Gasteiger partial charge in [-0.15, -0.1) is 11.8 Å². The van der Waals surface area contributed by atoms with E-state index in [1.54, 1.807) is 12.1 Å². The van der Waals surface area contributed by atoms with Gasteiger partial charge in [-0.3, -0.25) is 0 Å². The Kier molecular flexibility index (Phi) is 7.28. The summed E-state index contributed by atoms with van der Waals surface area (Å²) in [5.74, 6) is 0.303. The summed E-state index contributed by atoms with van der Waals surface area (Å²) in [4.78, 5) is -0.651. The summed E-state index contributed by atoms with van der Waals surface area (Å²) in [5.41, 5.74) is -0.0130. The van der Waals surface area contributed by atoms with E-state index in [1.165, 1.54) is 36.4 Å². The van der Waals surface area contributed by atoms with E-state index in [9.17, 15) is 26.9 Å². The summed E-state index contributed by atoms with van der Waals surface area (Å²) in [6.45, 7) is 0. The number of hydrogen-bond donors (Lipinski definition) is 1. The molecule has 0 aliphatic carbocycles. The highest BCUT2D eigenvalue weighted by Gasteiger charge is 2.31. The molecule has 0 amide bonds. The van der Waals surface area contributed by atoms with E-state index in [2.05, 4.69) is 5.32 Å². The number of anilines is 1. The van der Waals surface area contributed by atoms with Crippen molar-refractivity contribution < 1.29 is 21.6 Å². The third-order valence-electron chi connectivity index (χ3n) is 4.30. The fourth-order valence-electron chi connectivity index (χ4n) is 2.74. The monoisotopic (exact) mass is 474 g/mol. The van der Waals surface area contributed by atoms with Gasteiger partial charge < -0.3 is 5.32 Å². The smallest absolute Gasteiger partial charge is 0.349 e. The van der Waals surface area contributed by atoms with Gasteiger partial charge in [0.25, 0.3) is 0 Å². The SMILES string of the molecule is N#C/C(=C(\Nc1cccc(C(F)(F)F)c1)SCc1ccccc1)S(=O)(=O)c1ccccc1. The van der Waals surface area contributed by atoms with Crippen LogP contribution in [0.3, 0.4) is 0 Å². The number of alkyl halides is 3. The Bertz CT molecular complexity index is 1250. The van der Waals surface area contributed by atoms with E-state index in [0.29, 0.717) is 5.75 Å². The fraction of sp³-hybridized carbons (Fsp3) is 0.0870. The van der Waals surface area contributed by atoms with Gasteiger partial charge in [0.2, 0.25) is 9.84 Å². The first kappa shape index (κ1) is 23.4. The molecular formula is C23H17F3N2O2S2. The minimum absolute atomic E-state index is 0.0198. The van der Waals surface area contributed by atoms with Crippen molar-refractivity contribution >= 4 is 27.3 Å². The Balaban J connectivity index is 2.06. The molecule has 3 rings (SSSR count).